The maximum atomic E-state index is 5.20. The van der Waals surface area contributed by atoms with Gasteiger partial charge < -0.3 is 14.6 Å². The number of hydrogen-bond donors (Lipinski definition) is 1. The summed E-state index contributed by atoms with van der Waals surface area (Å²) >= 11 is 0. The van der Waals surface area contributed by atoms with E-state index in [4.69, 9.17) is 9.26 Å². The van der Waals surface area contributed by atoms with Crippen LogP contribution in [0.5, 0.6) is 0 Å². The van der Waals surface area contributed by atoms with Crippen LogP contribution in [0.1, 0.15) is 25.0 Å². The predicted molar refractivity (Wildman–Crippen MR) is 69.3 cm³/mol. The summed E-state index contributed by atoms with van der Waals surface area (Å²) in [7, 11) is 1.73. The molecule has 1 atom stereocenters. The summed E-state index contributed by atoms with van der Waals surface area (Å²) < 4.78 is 10.2. The van der Waals surface area contributed by atoms with E-state index in [-0.39, 0.29) is 0 Å². The highest BCUT2D eigenvalue weighted by Crippen LogP contribution is 2.18. The summed E-state index contributed by atoms with van der Waals surface area (Å²) in [5.74, 6) is 0.957. The number of piperidine rings is 1. The molecule has 0 aliphatic carbocycles. The molecule has 1 unspecified atom stereocenters. The van der Waals surface area contributed by atoms with Crippen LogP contribution in [0.15, 0.2) is 16.8 Å². The van der Waals surface area contributed by atoms with E-state index in [1.54, 1.807) is 13.3 Å². The van der Waals surface area contributed by atoms with Gasteiger partial charge in [-0.15, -0.1) is 0 Å². The molecule has 0 aromatic carbocycles. The molecule has 102 valence electrons. The third-order valence-corrected chi connectivity index (χ3v) is 3.46. The van der Waals surface area contributed by atoms with E-state index in [2.05, 4.69) is 15.4 Å². The number of likely N-dealkylation sites (tertiary alicyclic amines) is 1. The zero-order chi connectivity index (χ0) is 12.6. The molecule has 1 fully saturated rings. The average molecular weight is 253 g/mol. The van der Waals surface area contributed by atoms with Gasteiger partial charge in [0.05, 0.1) is 19.3 Å². The Balaban J connectivity index is 1.78. The summed E-state index contributed by atoms with van der Waals surface area (Å²) in [5.41, 5.74) is 0. The van der Waals surface area contributed by atoms with E-state index in [1.165, 1.54) is 19.3 Å². The minimum atomic E-state index is 0.598. The lowest BCUT2D eigenvalue weighted by Crippen LogP contribution is -2.45. The minimum absolute atomic E-state index is 0.598. The van der Waals surface area contributed by atoms with Gasteiger partial charge in [-0.05, 0) is 19.4 Å². The van der Waals surface area contributed by atoms with E-state index < -0.39 is 0 Å². The number of rotatable bonds is 7. The first-order chi connectivity index (χ1) is 8.90. The van der Waals surface area contributed by atoms with E-state index in [0.717, 1.165) is 38.5 Å². The molecule has 1 aromatic rings. The zero-order valence-electron chi connectivity index (χ0n) is 11.1. The van der Waals surface area contributed by atoms with Crippen LogP contribution in [-0.4, -0.2) is 49.4 Å². The summed E-state index contributed by atoms with van der Waals surface area (Å²) in [6, 6.07) is 2.55. The lowest BCUT2D eigenvalue weighted by molar-refractivity contribution is 0.121. The Labute approximate surface area is 108 Å². The van der Waals surface area contributed by atoms with Gasteiger partial charge in [-0.3, -0.25) is 4.90 Å². The highest BCUT2D eigenvalue weighted by Gasteiger charge is 2.22. The Hall–Kier alpha value is -0.910. The van der Waals surface area contributed by atoms with Crippen molar-refractivity contribution in [2.75, 3.05) is 33.4 Å². The smallest absolute Gasteiger partial charge is 0.150 e. The van der Waals surface area contributed by atoms with Crippen molar-refractivity contribution < 1.29 is 9.26 Å². The Morgan fingerprint density at radius 1 is 1.56 bits per heavy atom. The van der Waals surface area contributed by atoms with Crippen LogP contribution in [-0.2, 0) is 11.3 Å². The Morgan fingerprint density at radius 3 is 3.28 bits per heavy atom. The molecule has 1 N–H and O–H groups in total. The quantitative estimate of drug-likeness (QED) is 0.742. The Kier molecular flexibility index (Phi) is 5.64. The summed E-state index contributed by atoms with van der Waals surface area (Å²) in [6.07, 6.45) is 5.57. The van der Waals surface area contributed by atoms with Gasteiger partial charge >= 0.3 is 0 Å². The molecule has 0 spiro atoms. The number of ether oxygens (including phenoxy) is 1. The maximum Gasteiger partial charge on any atom is 0.150 e. The Bertz CT molecular complexity index is 316. The summed E-state index contributed by atoms with van der Waals surface area (Å²) in [5, 5.41) is 7.22. The van der Waals surface area contributed by atoms with Gasteiger partial charge in [-0.25, -0.2) is 0 Å². The lowest BCUT2D eigenvalue weighted by Gasteiger charge is -2.35. The number of nitrogens with zero attached hydrogens (tertiary/aromatic N) is 2. The molecule has 0 amide bonds. The van der Waals surface area contributed by atoms with Gasteiger partial charge in [-0.1, -0.05) is 11.6 Å². The van der Waals surface area contributed by atoms with E-state index in [0.29, 0.717) is 6.04 Å². The molecule has 5 nitrogen and oxygen atoms in total. The van der Waals surface area contributed by atoms with Crippen LogP contribution < -0.4 is 5.32 Å². The second-order valence-corrected chi connectivity index (χ2v) is 4.80. The SMILES string of the molecule is COCCNCC1CCCCN1Cc1ccno1. The first kappa shape index (κ1) is 13.5. The molecule has 2 rings (SSSR count). The number of hydrogen-bond acceptors (Lipinski definition) is 5. The van der Waals surface area contributed by atoms with E-state index in [1.807, 2.05) is 6.07 Å². The fourth-order valence-corrected chi connectivity index (χ4v) is 2.47. The van der Waals surface area contributed by atoms with Gasteiger partial charge in [0, 0.05) is 32.3 Å². The second kappa shape index (κ2) is 7.51. The third kappa shape index (κ3) is 4.08. The molecule has 0 bridgehead atoms. The van der Waals surface area contributed by atoms with Crippen LogP contribution in [0.25, 0.3) is 0 Å². The Morgan fingerprint density at radius 2 is 2.50 bits per heavy atom. The van der Waals surface area contributed by atoms with E-state index in [9.17, 15) is 0 Å². The number of methoxy groups -OCH3 is 1. The summed E-state index contributed by atoms with van der Waals surface area (Å²) in [4.78, 5) is 2.49. The first-order valence-electron chi connectivity index (χ1n) is 6.73. The molecule has 1 aliphatic heterocycles. The largest absolute Gasteiger partial charge is 0.383 e. The minimum Gasteiger partial charge on any atom is -0.383 e. The molecule has 1 saturated heterocycles. The van der Waals surface area contributed by atoms with Crippen molar-refractivity contribution in [2.24, 2.45) is 0 Å². The standard InChI is InChI=1S/C13H23N3O2/c1-17-9-7-14-10-12-4-2-3-8-16(12)11-13-5-6-15-18-13/h5-6,12,14H,2-4,7-11H2,1H3. The maximum absolute atomic E-state index is 5.20. The topological polar surface area (TPSA) is 50.5 Å². The molecule has 5 heteroatoms. The summed E-state index contributed by atoms with van der Waals surface area (Å²) in [6.45, 7) is 4.74. The van der Waals surface area contributed by atoms with Gasteiger partial charge in [0.15, 0.2) is 5.76 Å². The van der Waals surface area contributed by atoms with Crippen LogP contribution in [0.4, 0.5) is 0 Å². The monoisotopic (exact) mass is 253 g/mol. The van der Waals surface area contributed by atoms with Crippen molar-refractivity contribution in [1.29, 1.82) is 0 Å². The van der Waals surface area contributed by atoms with Gasteiger partial charge in [0.2, 0.25) is 0 Å². The highest BCUT2D eigenvalue weighted by molar-refractivity contribution is 4.94. The number of aromatic nitrogens is 1. The molecule has 0 saturated carbocycles. The van der Waals surface area contributed by atoms with Gasteiger partial charge in [-0.2, -0.15) is 0 Å². The molecule has 18 heavy (non-hydrogen) atoms. The third-order valence-electron chi connectivity index (χ3n) is 3.46. The van der Waals surface area contributed by atoms with E-state index >= 15 is 0 Å². The highest BCUT2D eigenvalue weighted by atomic mass is 16.5. The van der Waals surface area contributed by atoms with Crippen molar-refractivity contribution in [3.63, 3.8) is 0 Å². The lowest BCUT2D eigenvalue weighted by atomic mass is 10.0. The van der Waals surface area contributed by atoms with Crippen molar-refractivity contribution >= 4 is 0 Å². The molecule has 1 aliphatic rings. The molecule has 2 heterocycles. The number of nitrogens with one attached hydrogen (secondary N) is 1. The van der Waals surface area contributed by atoms with Gasteiger partial charge in [0.1, 0.15) is 0 Å². The zero-order valence-corrected chi connectivity index (χ0v) is 11.1. The van der Waals surface area contributed by atoms with Crippen LogP contribution in [0, 0.1) is 0 Å². The van der Waals surface area contributed by atoms with Crippen molar-refractivity contribution in [2.45, 2.75) is 31.8 Å². The normalized spacial score (nSPS) is 21.3. The predicted octanol–water partition coefficient (Wildman–Crippen LogP) is 1.27. The van der Waals surface area contributed by atoms with Crippen LogP contribution in [0.2, 0.25) is 0 Å². The second-order valence-electron chi connectivity index (χ2n) is 4.80. The van der Waals surface area contributed by atoms with Gasteiger partial charge in [0.25, 0.3) is 0 Å². The molecular formula is C13H23N3O2. The molecule has 0 radical (unpaired) electrons. The van der Waals surface area contributed by atoms with Crippen molar-refractivity contribution in [3.05, 3.63) is 18.0 Å². The first-order valence-corrected chi connectivity index (χ1v) is 6.73. The average Bonchev–Trinajstić information content (AvgIpc) is 2.89. The van der Waals surface area contributed by atoms with Crippen molar-refractivity contribution in [3.8, 4) is 0 Å². The molecule has 1 aromatic heterocycles. The fraction of sp³-hybridized carbons (Fsp3) is 0.769. The van der Waals surface area contributed by atoms with Crippen molar-refractivity contribution in [1.82, 2.24) is 15.4 Å². The van der Waals surface area contributed by atoms with Crippen LogP contribution in [0.3, 0.4) is 0 Å². The van der Waals surface area contributed by atoms with Crippen LogP contribution >= 0.6 is 0 Å². The fourth-order valence-electron chi connectivity index (χ4n) is 2.47. The molecular weight excluding hydrogens is 230 g/mol.